The fourth-order valence-electron chi connectivity index (χ4n) is 7.14. The van der Waals surface area contributed by atoms with Crippen LogP contribution in [-0.2, 0) is 15.0 Å². The van der Waals surface area contributed by atoms with E-state index in [4.69, 9.17) is 16.3 Å². The maximum atomic E-state index is 14.5. The number of hydrazone groups is 1. The van der Waals surface area contributed by atoms with Crippen molar-refractivity contribution < 1.29 is 24.0 Å². The zero-order valence-corrected chi connectivity index (χ0v) is 23.9. The van der Waals surface area contributed by atoms with Gasteiger partial charge in [0, 0.05) is 28.8 Å². The number of anilines is 1. The summed E-state index contributed by atoms with van der Waals surface area (Å²) in [5.41, 5.74) is 4.29. The molecule has 3 aliphatic carbocycles. The summed E-state index contributed by atoms with van der Waals surface area (Å²) in [6.07, 6.45) is 1.53. The van der Waals surface area contributed by atoms with E-state index in [1.165, 1.54) is 25.5 Å². The highest BCUT2D eigenvalue weighted by molar-refractivity contribution is 6.31. The Morgan fingerprint density at radius 2 is 1.66 bits per heavy atom. The van der Waals surface area contributed by atoms with Crippen LogP contribution in [0.2, 0.25) is 5.02 Å². The molecule has 8 rings (SSSR count). The summed E-state index contributed by atoms with van der Waals surface area (Å²) in [7, 11) is 1.50. The van der Waals surface area contributed by atoms with Crippen LogP contribution >= 0.6 is 11.6 Å². The maximum Gasteiger partial charge on any atom is 0.294 e. The van der Waals surface area contributed by atoms with E-state index in [1.54, 1.807) is 24.3 Å². The lowest BCUT2D eigenvalue weighted by atomic mass is 9.47. The lowest BCUT2D eigenvalue weighted by molar-refractivity contribution is -0.384. The summed E-state index contributed by atoms with van der Waals surface area (Å²) in [5.74, 6) is -3.46. The number of nitro benzene ring substituents is 1. The van der Waals surface area contributed by atoms with Gasteiger partial charge in [-0.1, -0.05) is 66.2 Å². The highest BCUT2D eigenvalue weighted by Gasteiger charge is 2.68. The Hall–Kier alpha value is -5.35. The molecule has 11 heteroatoms. The van der Waals surface area contributed by atoms with Crippen LogP contribution in [0, 0.1) is 22.0 Å². The average molecular weight is 607 g/mol. The lowest BCUT2D eigenvalue weighted by Crippen LogP contribution is -2.54. The minimum absolute atomic E-state index is 0.104. The number of carbonyl (C=O) groups excluding carboxylic acids is 3. The zero-order valence-electron chi connectivity index (χ0n) is 23.1. The Kier molecular flexibility index (Phi) is 6.33. The molecule has 0 radical (unpaired) electrons. The van der Waals surface area contributed by atoms with Gasteiger partial charge in [-0.25, -0.2) is 10.3 Å². The van der Waals surface area contributed by atoms with E-state index < -0.39 is 51.5 Å². The summed E-state index contributed by atoms with van der Waals surface area (Å²) >= 11 is 6.05. The molecule has 4 aliphatic rings. The quantitative estimate of drug-likeness (QED) is 0.138. The van der Waals surface area contributed by atoms with Crippen molar-refractivity contribution in [3.8, 4) is 5.75 Å². The summed E-state index contributed by atoms with van der Waals surface area (Å²) in [4.78, 5) is 54.2. The van der Waals surface area contributed by atoms with E-state index in [0.717, 1.165) is 33.2 Å². The number of hydrogen-bond acceptors (Lipinski definition) is 7. The van der Waals surface area contributed by atoms with Gasteiger partial charge in [-0.3, -0.25) is 24.5 Å². The average Bonchev–Trinajstić information content (AvgIpc) is 3.31. The number of nitrogens with one attached hydrogen (secondary N) is 1. The van der Waals surface area contributed by atoms with E-state index in [9.17, 15) is 24.5 Å². The van der Waals surface area contributed by atoms with Gasteiger partial charge in [0.15, 0.2) is 0 Å². The summed E-state index contributed by atoms with van der Waals surface area (Å²) in [6, 6.07) is 25.6. The molecule has 1 N–H and O–H groups in total. The Morgan fingerprint density at radius 3 is 2.32 bits per heavy atom. The predicted octanol–water partition coefficient (Wildman–Crippen LogP) is 5.22. The summed E-state index contributed by atoms with van der Waals surface area (Å²) in [5, 5.41) is 16.5. The minimum atomic E-state index is -1.27. The molecule has 2 bridgehead atoms. The fourth-order valence-corrected chi connectivity index (χ4v) is 7.31. The molecule has 0 aromatic heterocycles. The van der Waals surface area contributed by atoms with Crippen molar-refractivity contribution in [3.63, 3.8) is 0 Å². The van der Waals surface area contributed by atoms with Gasteiger partial charge in [-0.2, -0.15) is 5.10 Å². The third kappa shape index (κ3) is 3.80. The number of carbonyl (C=O) groups is 3. The first-order valence-corrected chi connectivity index (χ1v) is 14.1. The molecule has 10 nitrogen and oxygen atoms in total. The number of nitro groups is 1. The van der Waals surface area contributed by atoms with Gasteiger partial charge >= 0.3 is 0 Å². The fraction of sp³-hybridized carbons (Fsp3) is 0.152. The van der Waals surface area contributed by atoms with E-state index in [0.29, 0.717) is 11.3 Å². The topological polar surface area (TPSA) is 131 Å². The first-order valence-electron chi connectivity index (χ1n) is 13.8. The number of rotatable bonds is 6. The van der Waals surface area contributed by atoms with Crippen molar-refractivity contribution in [3.05, 3.63) is 134 Å². The molecule has 1 aliphatic heterocycles. The number of hydrogen-bond donors (Lipinski definition) is 1. The normalized spacial score (nSPS) is 22.9. The number of amides is 3. The number of halogens is 1. The second kappa shape index (κ2) is 10.1. The maximum absolute atomic E-state index is 14.5. The van der Waals surface area contributed by atoms with Crippen LogP contribution in [-0.4, -0.2) is 36.0 Å². The van der Waals surface area contributed by atoms with Crippen LogP contribution < -0.4 is 15.1 Å². The molecule has 44 heavy (non-hydrogen) atoms. The van der Waals surface area contributed by atoms with Crippen molar-refractivity contribution in [1.82, 2.24) is 5.43 Å². The molecule has 218 valence electrons. The predicted molar refractivity (Wildman–Crippen MR) is 162 cm³/mol. The van der Waals surface area contributed by atoms with E-state index in [-0.39, 0.29) is 10.7 Å². The van der Waals surface area contributed by atoms with Crippen LogP contribution in [0.3, 0.4) is 0 Å². The molecule has 0 unspecified atom stereocenters. The molecule has 3 amide bonds. The monoisotopic (exact) mass is 606 g/mol. The smallest absolute Gasteiger partial charge is 0.294 e. The van der Waals surface area contributed by atoms with Crippen LogP contribution in [0.25, 0.3) is 0 Å². The zero-order chi connectivity index (χ0) is 30.7. The molecule has 4 aromatic rings. The van der Waals surface area contributed by atoms with Crippen LogP contribution in [0.5, 0.6) is 5.75 Å². The number of ether oxygens (including phenoxy) is 1. The SMILES string of the molecule is COc1cccc(C(=O)N/N=C\C23c4ccccc4C(c4ccccc42)[C@H]2C(=O)N(c4ccc(Cl)cc4[N+](=O)[O-])C(=O)[C@H]23)c1. The van der Waals surface area contributed by atoms with Crippen molar-refractivity contribution in [2.24, 2.45) is 16.9 Å². The van der Waals surface area contributed by atoms with Crippen molar-refractivity contribution >= 4 is 46.9 Å². The number of imide groups is 1. The summed E-state index contributed by atoms with van der Waals surface area (Å²) in [6.45, 7) is 0. The molecule has 0 saturated carbocycles. The standard InChI is InChI=1S/C33H23ClN4O6/c1-44-20-8-6-7-18(15-20)30(39)36-35-17-33-23-11-4-2-9-21(23)27(22-10-3-5-12-24(22)33)28-29(33)32(41)37(31(28)40)25-14-13-19(34)16-26(25)38(42)43/h2-17,27-29H,1H3,(H,36,39)/b35-17-/t27?,28-,29+,33?/m1/s1. The van der Waals surface area contributed by atoms with Crippen molar-refractivity contribution in [2.45, 2.75) is 11.3 Å². The number of methoxy groups -OCH3 is 1. The summed E-state index contributed by atoms with van der Waals surface area (Å²) < 4.78 is 5.22. The molecule has 0 spiro atoms. The second-order valence-electron chi connectivity index (χ2n) is 10.9. The molecular weight excluding hydrogens is 584 g/mol. The third-order valence-electron chi connectivity index (χ3n) is 8.83. The highest BCUT2D eigenvalue weighted by atomic mass is 35.5. The van der Waals surface area contributed by atoms with E-state index in [1.807, 2.05) is 48.5 Å². The van der Waals surface area contributed by atoms with Gasteiger partial charge in [0.1, 0.15) is 11.4 Å². The Labute approximate surface area is 256 Å². The molecular formula is C33H23ClN4O6. The van der Waals surface area contributed by atoms with Crippen LogP contribution in [0.15, 0.2) is 96.1 Å². The van der Waals surface area contributed by atoms with E-state index >= 15 is 0 Å². The van der Waals surface area contributed by atoms with Gasteiger partial charge in [-0.05, 0) is 52.6 Å². The third-order valence-corrected chi connectivity index (χ3v) is 9.06. The van der Waals surface area contributed by atoms with Crippen LogP contribution in [0.4, 0.5) is 11.4 Å². The van der Waals surface area contributed by atoms with Gasteiger partial charge < -0.3 is 4.74 Å². The van der Waals surface area contributed by atoms with Gasteiger partial charge in [0.2, 0.25) is 11.8 Å². The molecule has 2 atom stereocenters. The number of nitrogens with zero attached hydrogens (tertiary/aromatic N) is 3. The van der Waals surface area contributed by atoms with Crippen molar-refractivity contribution in [2.75, 3.05) is 12.0 Å². The Morgan fingerprint density at radius 1 is 0.977 bits per heavy atom. The van der Waals surface area contributed by atoms with E-state index in [2.05, 4.69) is 10.5 Å². The first kappa shape index (κ1) is 27.5. The second-order valence-corrected chi connectivity index (χ2v) is 11.3. The molecule has 4 aromatic carbocycles. The highest BCUT2D eigenvalue weighted by Crippen LogP contribution is 2.64. The van der Waals surface area contributed by atoms with Gasteiger partial charge in [0.05, 0.1) is 29.3 Å². The minimum Gasteiger partial charge on any atom is -0.497 e. The largest absolute Gasteiger partial charge is 0.497 e. The Bertz CT molecular complexity index is 1890. The Balaban J connectivity index is 1.40. The molecule has 1 saturated heterocycles. The van der Waals surface area contributed by atoms with Gasteiger partial charge in [0.25, 0.3) is 11.6 Å². The van der Waals surface area contributed by atoms with Gasteiger partial charge in [-0.15, -0.1) is 0 Å². The first-order chi connectivity index (χ1) is 21.3. The van der Waals surface area contributed by atoms with Crippen LogP contribution in [0.1, 0.15) is 38.5 Å². The van der Waals surface area contributed by atoms with Crippen molar-refractivity contribution in [1.29, 1.82) is 0 Å². The molecule has 1 fully saturated rings. The lowest BCUT2D eigenvalue weighted by Gasteiger charge is -2.52. The number of benzene rings is 4. The molecule has 1 heterocycles.